The van der Waals surface area contributed by atoms with Crippen LogP contribution in [0.5, 0.6) is 0 Å². The average Bonchev–Trinajstić information content (AvgIpc) is 3.02. The number of carbonyl (C=O) groups is 1. The van der Waals surface area contributed by atoms with Crippen molar-refractivity contribution in [3.8, 4) is 0 Å². The Morgan fingerprint density at radius 1 is 1.23 bits per heavy atom. The molecule has 168 valence electrons. The molecule has 2 heterocycles. The van der Waals surface area contributed by atoms with Gasteiger partial charge in [-0.05, 0) is 74.0 Å². The van der Waals surface area contributed by atoms with Crippen LogP contribution >= 0.6 is 11.6 Å². The van der Waals surface area contributed by atoms with Crippen molar-refractivity contribution in [3.05, 3.63) is 47.0 Å². The number of piperidine rings is 1. The molecule has 0 spiro atoms. The van der Waals surface area contributed by atoms with Crippen LogP contribution in [0.25, 0.3) is 0 Å². The fraction of sp³-hybridized carbons (Fsp3) is 0.654. The van der Waals surface area contributed by atoms with Crippen LogP contribution in [0.15, 0.2) is 36.4 Å². The zero-order valence-corrected chi connectivity index (χ0v) is 19.2. The second kappa shape index (κ2) is 7.90. The summed E-state index contributed by atoms with van der Waals surface area (Å²) in [7, 11) is 0. The third-order valence-electron chi connectivity index (χ3n) is 8.84. The van der Waals surface area contributed by atoms with Gasteiger partial charge in [0, 0.05) is 30.6 Å². The average molecular weight is 444 g/mol. The Labute approximate surface area is 190 Å². The standard InChI is InChI=1S/C26H34ClNO3/c1-17-4-3-9-25(2)15-23-20(14-22(17)25)21(24(29)31-23)16-28-12-10-26(30,11-13-28)18-5-7-19(27)8-6-18/h5-8,20-23,30H,1,3-4,9-16H2,2H3/t20-,21+,22-,23+,25+/m0/s1. The predicted molar refractivity (Wildman–Crippen MR) is 122 cm³/mol. The second-order valence-electron chi connectivity index (χ2n) is 10.7. The Kier molecular flexibility index (Phi) is 5.47. The van der Waals surface area contributed by atoms with E-state index >= 15 is 0 Å². The molecule has 4 nitrogen and oxygen atoms in total. The summed E-state index contributed by atoms with van der Waals surface area (Å²) in [4.78, 5) is 15.2. The van der Waals surface area contributed by atoms with Crippen molar-refractivity contribution in [2.24, 2.45) is 23.2 Å². The lowest BCUT2D eigenvalue weighted by Gasteiger charge is -2.50. The summed E-state index contributed by atoms with van der Waals surface area (Å²) in [6, 6.07) is 7.53. The smallest absolute Gasteiger partial charge is 0.310 e. The lowest BCUT2D eigenvalue weighted by molar-refractivity contribution is -0.146. The lowest BCUT2D eigenvalue weighted by atomic mass is 9.55. The summed E-state index contributed by atoms with van der Waals surface area (Å²) in [5.74, 6) is 0.765. The number of hydrogen-bond acceptors (Lipinski definition) is 4. The number of fused-ring (bicyclic) bond motifs is 2. The van der Waals surface area contributed by atoms with E-state index in [0.717, 1.165) is 44.5 Å². The molecular weight excluding hydrogens is 410 g/mol. The van der Waals surface area contributed by atoms with Crippen molar-refractivity contribution in [1.82, 2.24) is 4.90 Å². The van der Waals surface area contributed by atoms with Crippen LogP contribution < -0.4 is 0 Å². The van der Waals surface area contributed by atoms with Gasteiger partial charge in [0.05, 0.1) is 11.5 Å². The molecule has 4 aliphatic rings. The molecule has 31 heavy (non-hydrogen) atoms. The maximum absolute atomic E-state index is 12.9. The van der Waals surface area contributed by atoms with Crippen LogP contribution in [0, 0.1) is 23.2 Å². The number of aliphatic hydroxyl groups is 1. The molecule has 2 aliphatic carbocycles. The molecule has 0 unspecified atom stereocenters. The first-order chi connectivity index (χ1) is 14.8. The maximum atomic E-state index is 12.9. The monoisotopic (exact) mass is 443 g/mol. The van der Waals surface area contributed by atoms with E-state index in [2.05, 4.69) is 18.4 Å². The quantitative estimate of drug-likeness (QED) is 0.531. The summed E-state index contributed by atoms with van der Waals surface area (Å²) >= 11 is 6.01. The summed E-state index contributed by atoms with van der Waals surface area (Å²) < 4.78 is 5.93. The highest BCUT2D eigenvalue weighted by atomic mass is 35.5. The van der Waals surface area contributed by atoms with Gasteiger partial charge in [0.1, 0.15) is 6.10 Å². The predicted octanol–water partition coefficient (Wildman–Crippen LogP) is 4.94. The molecule has 1 N–H and O–H groups in total. The number of nitrogens with zero attached hydrogens (tertiary/aromatic N) is 1. The van der Waals surface area contributed by atoms with Gasteiger partial charge in [-0.15, -0.1) is 0 Å². The van der Waals surface area contributed by atoms with Crippen LogP contribution in [-0.2, 0) is 15.1 Å². The first-order valence-electron chi connectivity index (χ1n) is 11.9. The van der Waals surface area contributed by atoms with Gasteiger partial charge in [0.15, 0.2) is 0 Å². The molecule has 4 fully saturated rings. The maximum Gasteiger partial charge on any atom is 0.310 e. The van der Waals surface area contributed by atoms with Gasteiger partial charge in [0.2, 0.25) is 0 Å². The molecule has 1 aromatic carbocycles. The van der Waals surface area contributed by atoms with E-state index in [1.54, 1.807) is 0 Å². The van der Waals surface area contributed by atoms with E-state index in [1.165, 1.54) is 18.4 Å². The summed E-state index contributed by atoms with van der Waals surface area (Å²) in [5.41, 5.74) is 1.74. The normalized spacial score (nSPS) is 37.8. The van der Waals surface area contributed by atoms with E-state index in [4.69, 9.17) is 16.3 Å². The van der Waals surface area contributed by atoms with E-state index < -0.39 is 5.60 Å². The van der Waals surface area contributed by atoms with Gasteiger partial charge in [-0.25, -0.2) is 0 Å². The summed E-state index contributed by atoms with van der Waals surface area (Å²) in [6.07, 6.45) is 7.00. The molecular formula is C26H34ClNO3. The van der Waals surface area contributed by atoms with Crippen molar-refractivity contribution < 1.29 is 14.6 Å². The minimum atomic E-state index is -0.813. The molecule has 5 heteroatoms. The molecule has 0 aromatic heterocycles. The molecule has 5 atom stereocenters. The Morgan fingerprint density at radius 3 is 2.65 bits per heavy atom. The van der Waals surface area contributed by atoms with Crippen molar-refractivity contribution >= 4 is 17.6 Å². The Morgan fingerprint density at radius 2 is 1.94 bits per heavy atom. The number of carbonyl (C=O) groups excluding carboxylic acids is 1. The number of hydrogen-bond donors (Lipinski definition) is 1. The minimum Gasteiger partial charge on any atom is -0.462 e. The third kappa shape index (κ3) is 3.85. The fourth-order valence-electron chi connectivity index (χ4n) is 6.90. The van der Waals surface area contributed by atoms with Crippen molar-refractivity contribution in [2.75, 3.05) is 19.6 Å². The number of ether oxygens (including phenoxy) is 1. The molecule has 2 saturated heterocycles. The number of allylic oxidation sites excluding steroid dienone is 1. The van der Waals surface area contributed by atoms with Gasteiger partial charge in [0.25, 0.3) is 0 Å². The minimum absolute atomic E-state index is 0.0126. The third-order valence-corrected chi connectivity index (χ3v) is 9.09. The first kappa shape index (κ1) is 21.5. The van der Waals surface area contributed by atoms with Crippen LogP contribution in [0.3, 0.4) is 0 Å². The highest BCUT2D eigenvalue weighted by Crippen LogP contribution is 2.57. The molecule has 0 bridgehead atoms. The Bertz CT molecular complexity index is 860. The van der Waals surface area contributed by atoms with Crippen LogP contribution in [0.4, 0.5) is 0 Å². The van der Waals surface area contributed by atoms with Gasteiger partial charge in [-0.2, -0.15) is 0 Å². The van der Waals surface area contributed by atoms with Gasteiger partial charge < -0.3 is 14.7 Å². The summed E-state index contributed by atoms with van der Waals surface area (Å²) in [5, 5.41) is 11.9. The van der Waals surface area contributed by atoms with Crippen molar-refractivity contribution in [3.63, 3.8) is 0 Å². The zero-order valence-electron chi connectivity index (χ0n) is 18.5. The number of rotatable bonds is 3. The molecule has 2 saturated carbocycles. The largest absolute Gasteiger partial charge is 0.462 e. The van der Waals surface area contributed by atoms with E-state index in [1.807, 2.05) is 24.3 Å². The van der Waals surface area contributed by atoms with Gasteiger partial charge in [-0.3, -0.25) is 4.79 Å². The van der Waals surface area contributed by atoms with Gasteiger partial charge in [-0.1, -0.05) is 42.8 Å². The Hall–Kier alpha value is -1.36. The second-order valence-corrected chi connectivity index (χ2v) is 11.2. The van der Waals surface area contributed by atoms with Crippen molar-refractivity contribution in [1.29, 1.82) is 0 Å². The van der Waals surface area contributed by atoms with Gasteiger partial charge >= 0.3 is 5.97 Å². The molecule has 1 aromatic rings. The molecule has 2 aliphatic heterocycles. The van der Waals surface area contributed by atoms with Crippen LogP contribution in [0.2, 0.25) is 5.02 Å². The number of likely N-dealkylation sites (tertiary alicyclic amines) is 1. The SMILES string of the molecule is C=C1CCC[C@]2(C)C[C@H]3OC(=O)[C@H](CN4CCC(O)(c5ccc(Cl)cc5)CC4)[C@@H]3C[C@@H]12. The van der Waals surface area contributed by atoms with Crippen LogP contribution in [-0.4, -0.2) is 41.7 Å². The van der Waals surface area contributed by atoms with E-state index in [9.17, 15) is 9.90 Å². The summed E-state index contributed by atoms with van der Waals surface area (Å²) in [6.45, 7) is 9.09. The highest BCUT2D eigenvalue weighted by molar-refractivity contribution is 6.30. The number of esters is 1. The fourth-order valence-corrected chi connectivity index (χ4v) is 7.02. The first-order valence-corrected chi connectivity index (χ1v) is 12.2. The Balaban J connectivity index is 1.24. The highest BCUT2D eigenvalue weighted by Gasteiger charge is 2.55. The molecule has 5 rings (SSSR count). The zero-order chi connectivity index (χ0) is 21.8. The molecule has 0 radical (unpaired) electrons. The topological polar surface area (TPSA) is 49.8 Å². The lowest BCUT2D eigenvalue weighted by Crippen LogP contribution is -2.48. The molecule has 0 amide bonds. The van der Waals surface area contributed by atoms with Crippen molar-refractivity contribution in [2.45, 2.75) is 63.6 Å². The number of halogens is 1. The number of benzene rings is 1. The van der Waals surface area contributed by atoms with Crippen LogP contribution in [0.1, 0.15) is 57.4 Å². The van der Waals surface area contributed by atoms with E-state index in [-0.39, 0.29) is 23.4 Å². The van der Waals surface area contributed by atoms with E-state index in [0.29, 0.717) is 29.7 Å².